The highest BCUT2D eigenvalue weighted by Gasteiger charge is 2.05. The molecule has 86 valence electrons. The van der Waals surface area contributed by atoms with Crippen molar-refractivity contribution in [3.63, 3.8) is 0 Å². The molecule has 1 N–H and O–H groups in total. The van der Waals surface area contributed by atoms with Gasteiger partial charge in [0.25, 0.3) is 5.91 Å². The molecule has 0 atom stereocenters. The molecule has 3 nitrogen and oxygen atoms in total. The molecule has 0 unspecified atom stereocenters. The van der Waals surface area contributed by atoms with Crippen LogP contribution in [0, 0.1) is 13.8 Å². The number of hydrogen-bond donors (Lipinski definition) is 1. The maximum absolute atomic E-state index is 11.7. The molecule has 0 aliphatic rings. The number of benzene rings is 1. The van der Waals surface area contributed by atoms with Crippen molar-refractivity contribution in [2.75, 3.05) is 0 Å². The number of nitrogens with one attached hydrogen (secondary N) is 1. The summed E-state index contributed by atoms with van der Waals surface area (Å²) >= 11 is 0. The van der Waals surface area contributed by atoms with Crippen molar-refractivity contribution in [3.8, 4) is 0 Å². The van der Waals surface area contributed by atoms with Gasteiger partial charge in [0.15, 0.2) is 0 Å². The minimum absolute atomic E-state index is 0.157. The Morgan fingerprint density at radius 3 is 2.56 bits per heavy atom. The van der Waals surface area contributed by atoms with E-state index >= 15 is 0 Å². The molecule has 0 aliphatic heterocycles. The number of rotatable bonds is 3. The monoisotopic (exact) mass is 218 g/mol. The lowest BCUT2D eigenvalue weighted by molar-refractivity contribution is 0.0954. The lowest BCUT2D eigenvalue weighted by atomic mass is 10.1. The average Bonchev–Trinajstić information content (AvgIpc) is 2.29. The Morgan fingerprint density at radius 2 is 2.00 bits per heavy atom. The van der Waals surface area contributed by atoms with Crippen LogP contribution in [0.1, 0.15) is 41.8 Å². The molecule has 1 aromatic carbocycles. The lowest BCUT2D eigenvalue weighted by Gasteiger charge is -2.04. The molecule has 0 saturated carbocycles. The number of carbonyl (C=O) groups excluding carboxylic acids is 1. The Labute approximate surface area is 96.6 Å². The molecular formula is C13H18N2O. The Kier molecular flexibility index (Phi) is 4.23. The van der Waals surface area contributed by atoms with Crippen molar-refractivity contribution in [1.82, 2.24) is 5.43 Å². The minimum atomic E-state index is -0.157. The van der Waals surface area contributed by atoms with Gasteiger partial charge in [0.05, 0.1) is 0 Å². The van der Waals surface area contributed by atoms with Crippen LogP contribution in [0.25, 0.3) is 0 Å². The van der Waals surface area contributed by atoms with E-state index in [1.54, 1.807) is 0 Å². The number of hydrogen-bond acceptors (Lipinski definition) is 2. The largest absolute Gasteiger partial charge is 0.271 e. The number of carbonyl (C=O) groups is 1. The maximum atomic E-state index is 11.7. The molecule has 0 fully saturated rings. The van der Waals surface area contributed by atoms with Crippen LogP contribution >= 0.6 is 0 Å². The lowest BCUT2D eigenvalue weighted by Crippen LogP contribution is -2.19. The van der Waals surface area contributed by atoms with Gasteiger partial charge >= 0.3 is 0 Å². The minimum Gasteiger partial charge on any atom is -0.267 e. The first-order chi connectivity index (χ1) is 7.54. The molecule has 0 spiro atoms. The zero-order valence-corrected chi connectivity index (χ0v) is 10.3. The fourth-order valence-corrected chi connectivity index (χ4v) is 1.17. The fraction of sp³-hybridized carbons (Fsp3) is 0.385. The van der Waals surface area contributed by atoms with Crippen molar-refractivity contribution < 1.29 is 4.79 Å². The van der Waals surface area contributed by atoms with Crippen LogP contribution in [0.5, 0.6) is 0 Å². The zero-order chi connectivity index (χ0) is 12.1. The highest BCUT2D eigenvalue weighted by molar-refractivity contribution is 5.95. The van der Waals surface area contributed by atoms with E-state index in [9.17, 15) is 4.79 Å². The van der Waals surface area contributed by atoms with Crippen molar-refractivity contribution in [2.24, 2.45) is 5.10 Å². The van der Waals surface area contributed by atoms with Gasteiger partial charge in [0.2, 0.25) is 0 Å². The molecule has 1 rings (SSSR count). The summed E-state index contributed by atoms with van der Waals surface area (Å²) in [6, 6.07) is 5.64. The highest BCUT2D eigenvalue weighted by Crippen LogP contribution is 2.09. The summed E-state index contributed by atoms with van der Waals surface area (Å²) in [6.45, 7) is 7.91. The van der Waals surface area contributed by atoms with E-state index in [0.29, 0.717) is 5.56 Å². The normalized spacial score (nSPS) is 11.4. The first kappa shape index (κ1) is 12.4. The Bertz CT molecular complexity index is 422. The van der Waals surface area contributed by atoms with Gasteiger partial charge in [-0.2, -0.15) is 5.10 Å². The van der Waals surface area contributed by atoms with E-state index < -0.39 is 0 Å². The van der Waals surface area contributed by atoms with Gasteiger partial charge in [-0.25, -0.2) is 5.43 Å². The van der Waals surface area contributed by atoms with Crippen LogP contribution in [-0.4, -0.2) is 11.6 Å². The van der Waals surface area contributed by atoms with Crippen LogP contribution in [-0.2, 0) is 0 Å². The second kappa shape index (κ2) is 5.45. The van der Waals surface area contributed by atoms with Gasteiger partial charge in [0, 0.05) is 11.3 Å². The van der Waals surface area contributed by atoms with Crippen LogP contribution in [0.4, 0.5) is 0 Å². The third-order valence-corrected chi connectivity index (χ3v) is 2.63. The van der Waals surface area contributed by atoms with E-state index in [1.165, 1.54) is 5.56 Å². The summed E-state index contributed by atoms with van der Waals surface area (Å²) in [5, 5.41) is 3.99. The van der Waals surface area contributed by atoms with Gasteiger partial charge in [-0.3, -0.25) is 4.79 Å². The number of hydrazone groups is 1. The summed E-state index contributed by atoms with van der Waals surface area (Å²) in [5.41, 5.74) is 6.41. The number of aryl methyl sites for hydroxylation is 2. The van der Waals surface area contributed by atoms with Crippen LogP contribution in [0.3, 0.4) is 0 Å². The van der Waals surface area contributed by atoms with Gasteiger partial charge in [-0.05, 0) is 50.5 Å². The van der Waals surface area contributed by atoms with Gasteiger partial charge in [-0.1, -0.05) is 13.0 Å². The molecule has 0 radical (unpaired) electrons. The summed E-state index contributed by atoms with van der Waals surface area (Å²) in [6.07, 6.45) is 0.840. The Morgan fingerprint density at radius 1 is 1.31 bits per heavy atom. The molecule has 1 aromatic rings. The third-order valence-electron chi connectivity index (χ3n) is 2.63. The molecule has 0 aliphatic carbocycles. The predicted molar refractivity (Wildman–Crippen MR) is 66.8 cm³/mol. The second-order valence-corrected chi connectivity index (χ2v) is 3.94. The maximum Gasteiger partial charge on any atom is 0.271 e. The highest BCUT2D eigenvalue weighted by atomic mass is 16.2. The van der Waals surface area contributed by atoms with E-state index in [4.69, 9.17) is 0 Å². The summed E-state index contributed by atoms with van der Waals surface area (Å²) in [4.78, 5) is 11.7. The molecule has 1 amide bonds. The van der Waals surface area contributed by atoms with Crippen LogP contribution in [0.15, 0.2) is 23.3 Å². The topological polar surface area (TPSA) is 41.5 Å². The second-order valence-electron chi connectivity index (χ2n) is 3.94. The van der Waals surface area contributed by atoms with E-state index in [-0.39, 0.29) is 5.91 Å². The van der Waals surface area contributed by atoms with Crippen molar-refractivity contribution in [3.05, 3.63) is 34.9 Å². The first-order valence-electron chi connectivity index (χ1n) is 5.45. The summed E-state index contributed by atoms with van der Waals surface area (Å²) in [7, 11) is 0. The fourth-order valence-electron chi connectivity index (χ4n) is 1.17. The Balaban J connectivity index is 2.77. The Hall–Kier alpha value is -1.64. The molecular weight excluding hydrogens is 200 g/mol. The number of nitrogens with zero attached hydrogens (tertiary/aromatic N) is 1. The van der Waals surface area contributed by atoms with Crippen molar-refractivity contribution in [1.29, 1.82) is 0 Å². The smallest absolute Gasteiger partial charge is 0.267 e. The molecule has 0 saturated heterocycles. The van der Waals surface area contributed by atoms with Crippen molar-refractivity contribution >= 4 is 11.6 Å². The molecule has 0 heterocycles. The van der Waals surface area contributed by atoms with Crippen LogP contribution < -0.4 is 5.43 Å². The van der Waals surface area contributed by atoms with Gasteiger partial charge < -0.3 is 0 Å². The standard InChI is InChI=1S/C13H18N2O/c1-5-11(4)14-15-13(16)12-7-6-9(2)10(3)8-12/h6-8H,5H2,1-4H3,(H,15,16)/b14-11+. The van der Waals surface area contributed by atoms with Gasteiger partial charge in [0.1, 0.15) is 0 Å². The van der Waals surface area contributed by atoms with E-state index in [1.807, 2.05) is 45.9 Å². The number of amides is 1. The molecule has 16 heavy (non-hydrogen) atoms. The molecule has 0 bridgehead atoms. The van der Waals surface area contributed by atoms with E-state index in [2.05, 4.69) is 10.5 Å². The SMILES string of the molecule is CC/C(C)=N/NC(=O)c1ccc(C)c(C)c1. The van der Waals surface area contributed by atoms with Crippen LogP contribution in [0.2, 0.25) is 0 Å². The molecule has 0 aromatic heterocycles. The zero-order valence-electron chi connectivity index (χ0n) is 10.3. The average molecular weight is 218 g/mol. The molecule has 3 heteroatoms. The summed E-state index contributed by atoms with van der Waals surface area (Å²) < 4.78 is 0. The van der Waals surface area contributed by atoms with E-state index in [0.717, 1.165) is 17.7 Å². The quantitative estimate of drug-likeness (QED) is 0.615. The summed E-state index contributed by atoms with van der Waals surface area (Å²) in [5.74, 6) is -0.157. The first-order valence-corrected chi connectivity index (χ1v) is 5.45. The van der Waals surface area contributed by atoms with Crippen molar-refractivity contribution in [2.45, 2.75) is 34.1 Å². The predicted octanol–water partition coefficient (Wildman–Crippen LogP) is 2.82. The third kappa shape index (κ3) is 3.19. The van der Waals surface area contributed by atoms with Gasteiger partial charge in [-0.15, -0.1) is 0 Å².